The summed E-state index contributed by atoms with van der Waals surface area (Å²) >= 11 is 0. The zero-order valence-electron chi connectivity index (χ0n) is 6.51. The first-order chi connectivity index (χ1) is 5.97. The molecule has 12 heavy (non-hydrogen) atoms. The second-order valence-electron chi connectivity index (χ2n) is 2.53. The first-order valence-corrected chi connectivity index (χ1v) is 3.85. The van der Waals surface area contributed by atoms with Crippen molar-refractivity contribution in [3.8, 4) is 0 Å². The summed E-state index contributed by atoms with van der Waals surface area (Å²) in [5.74, 6) is 0. The van der Waals surface area contributed by atoms with Crippen molar-refractivity contribution in [3.63, 3.8) is 0 Å². The van der Waals surface area contributed by atoms with Crippen LogP contribution in [0.2, 0.25) is 0 Å². The van der Waals surface area contributed by atoms with Gasteiger partial charge in [-0.1, -0.05) is 12.2 Å². The van der Waals surface area contributed by atoms with E-state index in [1.54, 1.807) is 18.6 Å². The van der Waals surface area contributed by atoms with E-state index in [1.165, 1.54) is 0 Å². The SMILES string of the molecule is [C]1=CC=COC1C1C=CC=CO1. The molecule has 2 heteroatoms. The lowest BCUT2D eigenvalue weighted by Crippen LogP contribution is -2.27. The van der Waals surface area contributed by atoms with E-state index in [0.29, 0.717) is 0 Å². The summed E-state index contributed by atoms with van der Waals surface area (Å²) in [6.07, 6.45) is 15.6. The van der Waals surface area contributed by atoms with Crippen molar-refractivity contribution < 1.29 is 9.47 Å². The zero-order chi connectivity index (χ0) is 8.23. The van der Waals surface area contributed by atoms with Gasteiger partial charge in [-0.05, 0) is 18.2 Å². The Balaban J connectivity index is 2.01. The minimum Gasteiger partial charge on any atom is -0.490 e. The quantitative estimate of drug-likeness (QED) is 0.583. The lowest BCUT2D eigenvalue weighted by atomic mass is 10.1. The highest BCUT2D eigenvalue weighted by Crippen LogP contribution is 2.13. The van der Waals surface area contributed by atoms with Crippen LogP contribution in [0.15, 0.2) is 42.9 Å². The fourth-order valence-electron chi connectivity index (χ4n) is 1.10. The summed E-state index contributed by atoms with van der Waals surface area (Å²) < 4.78 is 10.6. The molecule has 2 rings (SSSR count). The first-order valence-electron chi connectivity index (χ1n) is 3.85. The number of ether oxygens (including phenoxy) is 2. The van der Waals surface area contributed by atoms with E-state index < -0.39 is 0 Å². The molecule has 61 valence electrons. The Labute approximate surface area is 71.5 Å². The van der Waals surface area contributed by atoms with Crippen LogP contribution in [-0.4, -0.2) is 12.2 Å². The van der Waals surface area contributed by atoms with E-state index in [-0.39, 0.29) is 12.2 Å². The van der Waals surface area contributed by atoms with Gasteiger partial charge in [0.15, 0.2) is 12.2 Å². The Bertz CT molecular complexity index is 233. The Hall–Kier alpha value is -1.44. The summed E-state index contributed by atoms with van der Waals surface area (Å²) in [6, 6.07) is 0. The van der Waals surface area contributed by atoms with Crippen molar-refractivity contribution in [1.82, 2.24) is 0 Å². The smallest absolute Gasteiger partial charge is 0.164 e. The van der Waals surface area contributed by atoms with Gasteiger partial charge in [0.25, 0.3) is 0 Å². The van der Waals surface area contributed by atoms with Gasteiger partial charge >= 0.3 is 0 Å². The average Bonchev–Trinajstić information content (AvgIpc) is 2.21. The van der Waals surface area contributed by atoms with Gasteiger partial charge in [0.05, 0.1) is 12.5 Å². The molecule has 0 N–H and O–H groups in total. The van der Waals surface area contributed by atoms with Crippen molar-refractivity contribution in [2.45, 2.75) is 12.2 Å². The third-order valence-corrected chi connectivity index (χ3v) is 1.69. The van der Waals surface area contributed by atoms with Crippen LogP contribution in [0, 0.1) is 6.08 Å². The molecule has 1 radical (unpaired) electrons. The second-order valence-corrected chi connectivity index (χ2v) is 2.53. The molecule has 2 atom stereocenters. The number of allylic oxidation sites excluding steroid dienone is 4. The highest BCUT2D eigenvalue weighted by molar-refractivity contribution is 5.13. The molecule has 0 fully saturated rings. The molecule has 0 saturated carbocycles. The molecule has 0 saturated heterocycles. The maximum Gasteiger partial charge on any atom is 0.164 e. The van der Waals surface area contributed by atoms with Crippen molar-refractivity contribution in [2.24, 2.45) is 0 Å². The molecular formula is C10H9O2. The lowest BCUT2D eigenvalue weighted by Gasteiger charge is -2.23. The average molecular weight is 161 g/mol. The molecule has 0 aromatic rings. The van der Waals surface area contributed by atoms with E-state index in [9.17, 15) is 0 Å². The Morgan fingerprint density at radius 3 is 2.58 bits per heavy atom. The lowest BCUT2D eigenvalue weighted by molar-refractivity contribution is 0.0469. The molecule has 2 nitrogen and oxygen atoms in total. The van der Waals surface area contributed by atoms with Gasteiger partial charge in [-0.2, -0.15) is 0 Å². The molecule has 2 aliphatic heterocycles. The van der Waals surface area contributed by atoms with Crippen LogP contribution in [0.3, 0.4) is 0 Å². The topological polar surface area (TPSA) is 18.5 Å². The summed E-state index contributed by atoms with van der Waals surface area (Å²) in [5, 5.41) is 0. The fourth-order valence-corrected chi connectivity index (χ4v) is 1.10. The van der Waals surface area contributed by atoms with Gasteiger partial charge in [-0.25, -0.2) is 0 Å². The summed E-state index contributed by atoms with van der Waals surface area (Å²) in [4.78, 5) is 0. The van der Waals surface area contributed by atoms with Gasteiger partial charge in [0.2, 0.25) is 0 Å². The molecule has 0 spiro atoms. The van der Waals surface area contributed by atoms with Crippen LogP contribution >= 0.6 is 0 Å². The van der Waals surface area contributed by atoms with Gasteiger partial charge in [-0.15, -0.1) is 0 Å². The van der Waals surface area contributed by atoms with Gasteiger partial charge in [-0.3, -0.25) is 0 Å². The van der Waals surface area contributed by atoms with E-state index in [0.717, 1.165) is 0 Å². The molecule has 0 bridgehead atoms. The van der Waals surface area contributed by atoms with Crippen molar-refractivity contribution in [3.05, 3.63) is 49.0 Å². The van der Waals surface area contributed by atoms with Crippen LogP contribution < -0.4 is 0 Å². The van der Waals surface area contributed by atoms with E-state index >= 15 is 0 Å². The first kappa shape index (κ1) is 7.22. The Morgan fingerprint density at radius 2 is 1.92 bits per heavy atom. The standard InChI is InChI=1S/C10H9O2/c1-3-7-11-9(5-1)10-6-2-4-8-12-10/h1-5,7-10H. The minimum atomic E-state index is -0.115. The fraction of sp³-hybridized carbons (Fsp3) is 0.200. The number of rotatable bonds is 1. The van der Waals surface area contributed by atoms with Crippen molar-refractivity contribution >= 4 is 0 Å². The molecule has 2 heterocycles. The molecule has 2 unspecified atom stereocenters. The summed E-state index contributed by atoms with van der Waals surface area (Å²) in [5.41, 5.74) is 0. The van der Waals surface area contributed by atoms with Crippen LogP contribution in [-0.2, 0) is 9.47 Å². The third-order valence-electron chi connectivity index (χ3n) is 1.69. The molecule has 0 aromatic carbocycles. The van der Waals surface area contributed by atoms with E-state index in [2.05, 4.69) is 6.08 Å². The minimum absolute atomic E-state index is 0.0452. The van der Waals surface area contributed by atoms with E-state index in [4.69, 9.17) is 9.47 Å². The summed E-state index contributed by atoms with van der Waals surface area (Å²) in [7, 11) is 0. The van der Waals surface area contributed by atoms with E-state index in [1.807, 2.05) is 24.3 Å². The maximum atomic E-state index is 5.31. The molecule has 0 amide bonds. The largest absolute Gasteiger partial charge is 0.490 e. The predicted octanol–water partition coefficient (Wildman–Crippen LogP) is 1.73. The third kappa shape index (κ3) is 1.42. The van der Waals surface area contributed by atoms with Crippen LogP contribution in [0.1, 0.15) is 0 Å². The Morgan fingerprint density at radius 1 is 1.00 bits per heavy atom. The van der Waals surface area contributed by atoms with Crippen molar-refractivity contribution in [1.29, 1.82) is 0 Å². The van der Waals surface area contributed by atoms with Crippen molar-refractivity contribution in [2.75, 3.05) is 0 Å². The predicted molar refractivity (Wildman–Crippen MR) is 45.0 cm³/mol. The molecule has 0 aliphatic carbocycles. The van der Waals surface area contributed by atoms with Crippen LogP contribution in [0.5, 0.6) is 0 Å². The number of hydrogen-bond donors (Lipinski definition) is 0. The summed E-state index contributed by atoms with van der Waals surface area (Å²) in [6.45, 7) is 0. The Kier molecular flexibility index (Phi) is 1.99. The highest BCUT2D eigenvalue weighted by Gasteiger charge is 2.19. The normalized spacial score (nSPS) is 31.3. The molecule has 2 aliphatic rings. The van der Waals surface area contributed by atoms with Gasteiger partial charge in [0.1, 0.15) is 0 Å². The highest BCUT2D eigenvalue weighted by atomic mass is 16.5. The van der Waals surface area contributed by atoms with Gasteiger partial charge < -0.3 is 9.47 Å². The second kappa shape index (κ2) is 3.30. The monoisotopic (exact) mass is 161 g/mol. The maximum absolute atomic E-state index is 5.31. The molecule has 0 aromatic heterocycles. The zero-order valence-corrected chi connectivity index (χ0v) is 6.51. The number of hydrogen-bond acceptors (Lipinski definition) is 2. The van der Waals surface area contributed by atoms with Gasteiger partial charge in [0, 0.05) is 6.08 Å². The van der Waals surface area contributed by atoms with Crippen LogP contribution in [0.25, 0.3) is 0 Å². The van der Waals surface area contributed by atoms with Crippen LogP contribution in [0.4, 0.5) is 0 Å². The molecular weight excluding hydrogens is 152 g/mol.